The van der Waals surface area contributed by atoms with E-state index in [2.05, 4.69) is 4.74 Å². The Morgan fingerprint density at radius 3 is 2.50 bits per heavy atom. The number of benzene rings is 1. The van der Waals surface area contributed by atoms with Crippen molar-refractivity contribution in [3.8, 4) is 5.75 Å². The molecule has 0 amide bonds. The number of nitro groups is 1. The normalized spacial score (nSPS) is 15.1. The highest BCUT2D eigenvalue weighted by atomic mass is 19.3. The largest absolute Gasteiger partial charge is 0.478 e. The van der Waals surface area contributed by atoms with Gasteiger partial charge in [-0.05, 0) is 26.0 Å². The fourth-order valence-corrected chi connectivity index (χ4v) is 2.56. The van der Waals surface area contributed by atoms with E-state index in [9.17, 15) is 28.8 Å². The van der Waals surface area contributed by atoms with E-state index >= 15 is 0 Å². The Hall–Kier alpha value is -2.97. The minimum Gasteiger partial charge on any atom is -0.478 e. The lowest BCUT2D eigenvalue weighted by molar-refractivity contribution is -0.428. The average molecular weight is 340 g/mol. The second-order valence-electron chi connectivity index (χ2n) is 5.02. The van der Waals surface area contributed by atoms with Crippen LogP contribution >= 0.6 is 0 Å². The Bertz CT molecular complexity index is 722. The summed E-state index contributed by atoms with van der Waals surface area (Å²) < 4.78 is 29.7. The van der Waals surface area contributed by atoms with Crippen molar-refractivity contribution in [2.45, 2.75) is 26.9 Å². The molecule has 9 heteroatoms. The van der Waals surface area contributed by atoms with Crippen LogP contribution in [0.2, 0.25) is 0 Å². The van der Waals surface area contributed by atoms with Gasteiger partial charge >= 0.3 is 12.6 Å². The Morgan fingerprint density at radius 1 is 1.33 bits per heavy atom. The minimum atomic E-state index is -3.08. The summed E-state index contributed by atoms with van der Waals surface area (Å²) in [4.78, 5) is 23.2. The molecule has 0 saturated heterocycles. The molecule has 128 valence electrons. The number of hydrogen-bond acceptors (Lipinski definition) is 5. The van der Waals surface area contributed by atoms with Crippen molar-refractivity contribution in [2.24, 2.45) is 0 Å². The number of carboxylic acids is 1. The lowest BCUT2D eigenvalue weighted by Gasteiger charge is -2.31. The number of nitrogens with zero attached hydrogens (tertiary/aromatic N) is 2. The van der Waals surface area contributed by atoms with Crippen molar-refractivity contribution < 1.29 is 28.3 Å². The molecule has 0 saturated carbocycles. The zero-order valence-electron chi connectivity index (χ0n) is 12.8. The molecule has 1 heterocycles. The monoisotopic (exact) mass is 340 g/mol. The molecule has 1 aromatic carbocycles. The quantitative estimate of drug-likeness (QED) is 0.652. The van der Waals surface area contributed by atoms with Crippen LogP contribution in [-0.4, -0.2) is 22.6 Å². The Morgan fingerprint density at radius 2 is 1.96 bits per heavy atom. The van der Waals surface area contributed by atoms with Crippen LogP contribution in [0.3, 0.4) is 0 Å². The predicted octanol–water partition coefficient (Wildman–Crippen LogP) is 3.36. The summed E-state index contributed by atoms with van der Waals surface area (Å²) in [7, 11) is 0. The Labute approximate surface area is 135 Å². The molecule has 2 rings (SSSR count). The van der Waals surface area contributed by atoms with Gasteiger partial charge in [-0.2, -0.15) is 8.78 Å². The number of para-hydroxylation sites is 2. The number of rotatable bonds is 5. The highest BCUT2D eigenvalue weighted by Gasteiger charge is 2.34. The molecular weight excluding hydrogens is 326 g/mol. The third-order valence-electron chi connectivity index (χ3n) is 3.67. The smallest absolute Gasteiger partial charge is 0.387 e. The summed E-state index contributed by atoms with van der Waals surface area (Å²) in [6.45, 7) is -0.194. The number of halogens is 2. The van der Waals surface area contributed by atoms with Crippen LogP contribution in [0.4, 0.5) is 14.5 Å². The SMILES string of the molecule is CC1=C(C(=O)O)CC([N+](=O)[O-])=C(C)N1c1ccccc1OC(F)F. The molecule has 0 aromatic heterocycles. The molecule has 0 fully saturated rings. The van der Waals surface area contributed by atoms with Gasteiger partial charge in [-0.15, -0.1) is 0 Å². The van der Waals surface area contributed by atoms with E-state index < -0.39 is 17.5 Å². The second-order valence-corrected chi connectivity index (χ2v) is 5.02. The summed E-state index contributed by atoms with van der Waals surface area (Å²) in [5, 5.41) is 20.5. The summed E-state index contributed by atoms with van der Waals surface area (Å²) in [5.41, 5.74) is -0.0432. The van der Waals surface area contributed by atoms with Gasteiger partial charge < -0.3 is 14.7 Å². The van der Waals surface area contributed by atoms with Crippen LogP contribution in [0, 0.1) is 10.1 Å². The second kappa shape index (κ2) is 6.65. The molecule has 1 aliphatic rings. The Balaban J connectivity index is 2.66. The summed E-state index contributed by atoms with van der Waals surface area (Å²) >= 11 is 0. The zero-order valence-corrected chi connectivity index (χ0v) is 12.8. The molecule has 0 unspecified atom stereocenters. The van der Waals surface area contributed by atoms with E-state index in [1.807, 2.05) is 0 Å². The summed E-state index contributed by atoms with van der Waals surface area (Å²) in [5.74, 6) is -1.52. The fourth-order valence-electron chi connectivity index (χ4n) is 2.56. The standard InChI is InChI=1S/C15H14F2N2O5/c1-8-10(14(20)21)7-12(19(22)23)9(2)18(8)11-5-3-4-6-13(11)24-15(16)17/h3-6,15H,7H2,1-2H3,(H,20,21). The minimum absolute atomic E-state index is 0.102. The van der Waals surface area contributed by atoms with E-state index in [1.54, 1.807) is 0 Å². The van der Waals surface area contributed by atoms with Gasteiger partial charge in [0.2, 0.25) is 0 Å². The third-order valence-corrected chi connectivity index (χ3v) is 3.67. The van der Waals surface area contributed by atoms with Crippen molar-refractivity contribution >= 4 is 11.7 Å². The first-order valence-corrected chi connectivity index (χ1v) is 6.85. The van der Waals surface area contributed by atoms with Gasteiger partial charge in [0, 0.05) is 5.70 Å². The van der Waals surface area contributed by atoms with E-state index in [0.29, 0.717) is 0 Å². The third kappa shape index (κ3) is 3.19. The molecule has 1 aliphatic heterocycles. The van der Waals surface area contributed by atoms with Crippen molar-refractivity contribution in [3.05, 3.63) is 57.0 Å². The van der Waals surface area contributed by atoms with Crippen LogP contribution in [-0.2, 0) is 4.79 Å². The van der Waals surface area contributed by atoms with Gasteiger partial charge in [0.25, 0.3) is 5.70 Å². The molecule has 7 nitrogen and oxygen atoms in total. The van der Waals surface area contributed by atoms with Crippen LogP contribution in [0.15, 0.2) is 46.9 Å². The van der Waals surface area contributed by atoms with Crippen LogP contribution in [0.5, 0.6) is 5.75 Å². The molecule has 1 aromatic rings. The highest BCUT2D eigenvalue weighted by Crippen LogP contribution is 2.39. The van der Waals surface area contributed by atoms with E-state index in [1.165, 1.54) is 43.0 Å². The number of carbonyl (C=O) groups is 1. The first kappa shape index (κ1) is 17.4. The van der Waals surface area contributed by atoms with Crippen molar-refractivity contribution in [1.82, 2.24) is 0 Å². The molecule has 1 N–H and O–H groups in total. The number of anilines is 1. The van der Waals surface area contributed by atoms with E-state index in [4.69, 9.17) is 0 Å². The molecule has 0 atom stereocenters. The summed E-state index contributed by atoms with van der Waals surface area (Å²) in [6.07, 6.45) is -0.353. The van der Waals surface area contributed by atoms with Crippen LogP contribution in [0.25, 0.3) is 0 Å². The van der Waals surface area contributed by atoms with Crippen molar-refractivity contribution in [3.63, 3.8) is 0 Å². The Kier molecular flexibility index (Phi) is 4.82. The van der Waals surface area contributed by atoms with Gasteiger partial charge in [-0.3, -0.25) is 10.1 Å². The van der Waals surface area contributed by atoms with Gasteiger partial charge in [-0.25, -0.2) is 4.79 Å². The molecule has 0 aliphatic carbocycles. The summed E-state index contributed by atoms with van der Waals surface area (Å²) in [6, 6.07) is 5.71. The van der Waals surface area contributed by atoms with Crippen molar-refractivity contribution in [1.29, 1.82) is 0 Å². The predicted molar refractivity (Wildman–Crippen MR) is 80.2 cm³/mol. The van der Waals surface area contributed by atoms with Crippen molar-refractivity contribution in [2.75, 3.05) is 4.90 Å². The molecule has 0 bridgehead atoms. The number of aliphatic carboxylic acids is 1. The average Bonchev–Trinajstić information content (AvgIpc) is 2.47. The lowest BCUT2D eigenvalue weighted by atomic mass is 10.0. The van der Waals surface area contributed by atoms with Gasteiger partial charge in [0.15, 0.2) is 0 Å². The molecular formula is C15H14F2N2O5. The van der Waals surface area contributed by atoms with Crippen LogP contribution < -0.4 is 9.64 Å². The van der Waals surface area contributed by atoms with Crippen LogP contribution in [0.1, 0.15) is 20.3 Å². The maximum absolute atomic E-state index is 12.6. The van der Waals surface area contributed by atoms with Gasteiger partial charge in [0.05, 0.1) is 28.3 Å². The number of ether oxygens (including phenoxy) is 1. The zero-order chi connectivity index (χ0) is 18.0. The topological polar surface area (TPSA) is 92.9 Å². The maximum Gasteiger partial charge on any atom is 0.387 e. The molecule has 0 spiro atoms. The first-order chi connectivity index (χ1) is 11.2. The van der Waals surface area contributed by atoms with Gasteiger partial charge in [0.1, 0.15) is 5.75 Å². The maximum atomic E-state index is 12.6. The lowest BCUT2D eigenvalue weighted by Crippen LogP contribution is -2.30. The number of carboxylic acid groups (broad SMARTS) is 1. The van der Waals surface area contributed by atoms with E-state index in [0.717, 1.165) is 0 Å². The fraction of sp³-hybridized carbons (Fsp3) is 0.267. The number of hydrogen-bond donors (Lipinski definition) is 1. The first-order valence-electron chi connectivity index (χ1n) is 6.85. The van der Waals surface area contributed by atoms with Gasteiger partial charge in [-0.1, -0.05) is 12.1 Å². The molecule has 0 radical (unpaired) electrons. The number of alkyl halides is 2. The molecule has 24 heavy (non-hydrogen) atoms. The number of allylic oxidation sites excluding steroid dienone is 3. The van der Waals surface area contributed by atoms with E-state index in [-0.39, 0.29) is 40.5 Å². The highest BCUT2D eigenvalue weighted by molar-refractivity contribution is 5.90.